The summed E-state index contributed by atoms with van der Waals surface area (Å²) >= 11 is 0. The van der Waals surface area contributed by atoms with Crippen molar-refractivity contribution in [2.45, 2.75) is 37.8 Å². The van der Waals surface area contributed by atoms with Gasteiger partial charge in [-0.15, -0.1) is 0 Å². The Morgan fingerprint density at radius 3 is 2.67 bits per heavy atom. The average molecular weight is 272 g/mol. The maximum atomic E-state index is 13.6. The molecule has 18 heavy (non-hydrogen) atoms. The van der Waals surface area contributed by atoms with E-state index in [4.69, 9.17) is 0 Å². The largest absolute Gasteiger partial charge is 0.263 e. The van der Waals surface area contributed by atoms with Crippen molar-refractivity contribution in [3.8, 4) is 0 Å². The Morgan fingerprint density at radius 1 is 1.50 bits per heavy atom. The van der Waals surface area contributed by atoms with Gasteiger partial charge in [-0.05, 0) is 44.7 Å². The van der Waals surface area contributed by atoms with E-state index >= 15 is 0 Å². The molecule has 0 amide bonds. The standard InChI is InChI=1S/C12H17FN2O2S/c1-9(2)15(8-10-5-6-10)18(16,17)12-11(13)4-3-7-14-12/h3-4,7,9-10H,5-6,8H2,1-2H3. The molecule has 0 aromatic carbocycles. The highest BCUT2D eigenvalue weighted by Crippen LogP contribution is 2.32. The predicted molar refractivity (Wildman–Crippen MR) is 65.9 cm³/mol. The molecule has 0 unspecified atom stereocenters. The summed E-state index contributed by atoms with van der Waals surface area (Å²) in [4.78, 5) is 3.68. The SMILES string of the molecule is CC(C)N(CC1CC1)S(=O)(=O)c1ncccc1F. The van der Waals surface area contributed by atoms with Crippen LogP contribution < -0.4 is 0 Å². The first-order chi connectivity index (χ1) is 8.43. The Kier molecular flexibility index (Phi) is 3.68. The zero-order valence-electron chi connectivity index (χ0n) is 10.5. The van der Waals surface area contributed by atoms with Crippen LogP contribution in [0.25, 0.3) is 0 Å². The summed E-state index contributed by atoms with van der Waals surface area (Å²) < 4.78 is 39.7. The summed E-state index contributed by atoms with van der Waals surface area (Å²) in [6.07, 6.45) is 3.39. The maximum absolute atomic E-state index is 13.6. The van der Waals surface area contributed by atoms with Crippen LogP contribution in [0.3, 0.4) is 0 Å². The van der Waals surface area contributed by atoms with E-state index in [2.05, 4.69) is 4.98 Å². The Labute approximate surface area is 107 Å². The van der Waals surface area contributed by atoms with Gasteiger partial charge in [-0.2, -0.15) is 4.31 Å². The number of aromatic nitrogens is 1. The minimum atomic E-state index is -3.84. The molecule has 0 spiro atoms. The van der Waals surface area contributed by atoms with Crippen molar-refractivity contribution < 1.29 is 12.8 Å². The number of sulfonamides is 1. The van der Waals surface area contributed by atoms with Crippen LogP contribution in [0.4, 0.5) is 4.39 Å². The third kappa shape index (κ3) is 2.70. The van der Waals surface area contributed by atoms with E-state index in [1.54, 1.807) is 13.8 Å². The molecule has 1 fully saturated rings. The first kappa shape index (κ1) is 13.4. The molecular formula is C12H17FN2O2S. The molecule has 1 aliphatic rings. The minimum Gasteiger partial charge on any atom is -0.241 e. The molecule has 1 aromatic heterocycles. The van der Waals surface area contributed by atoms with Crippen molar-refractivity contribution in [2.75, 3.05) is 6.54 Å². The molecule has 1 saturated carbocycles. The Balaban J connectivity index is 2.35. The summed E-state index contributed by atoms with van der Waals surface area (Å²) in [7, 11) is -3.84. The lowest BCUT2D eigenvalue weighted by Gasteiger charge is -2.25. The number of hydrogen-bond acceptors (Lipinski definition) is 3. The molecule has 0 radical (unpaired) electrons. The van der Waals surface area contributed by atoms with E-state index < -0.39 is 20.9 Å². The smallest absolute Gasteiger partial charge is 0.241 e. The van der Waals surface area contributed by atoms with Crippen LogP contribution in [0.2, 0.25) is 0 Å². The van der Waals surface area contributed by atoms with Gasteiger partial charge in [0, 0.05) is 18.8 Å². The van der Waals surface area contributed by atoms with Gasteiger partial charge in [0.1, 0.15) is 0 Å². The third-order valence-corrected chi connectivity index (χ3v) is 4.97. The molecule has 0 bridgehead atoms. The lowest BCUT2D eigenvalue weighted by atomic mass is 10.3. The first-order valence-electron chi connectivity index (χ1n) is 6.05. The van der Waals surface area contributed by atoms with Crippen LogP contribution in [0.1, 0.15) is 26.7 Å². The fourth-order valence-electron chi connectivity index (χ4n) is 1.81. The second-order valence-electron chi connectivity index (χ2n) is 4.90. The van der Waals surface area contributed by atoms with Gasteiger partial charge in [0.2, 0.25) is 5.03 Å². The molecule has 0 aliphatic heterocycles. The van der Waals surface area contributed by atoms with E-state index in [9.17, 15) is 12.8 Å². The lowest BCUT2D eigenvalue weighted by molar-refractivity contribution is 0.338. The highest BCUT2D eigenvalue weighted by Gasteiger charge is 2.35. The third-order valence-electron chi connectivity index (χ3n) is 2.99. The number of nitrogens with zero attached hydrogens (tertiary/aromatic N) is 2. The molecule has 0 atom stereocenters. The summed E-state index contributed by atoms with van der Waals surface area (Å²) in [6, 6.07) is 2.31. The summed E-state index contributed by atoms with van der Waals surface area (Å²) in [6.45, 7) is 4.04. The quantitative estimate of drug-likeness (QED) is 0.824. The number of hydrogen-bond donors (Lipinski definition) is 0. The van der Waals surface area contributed by atoms with Crippen molar-refractivity contribution in [3.63, 3.8) is 0 Å². The first-order valence-corrected chi connectivity index (χ1v) is 7.49. The van der Waals surface area contributed by atoms with E-state index in [1.807, 2.05) is 0 Å². The minimum absolute atomic E-state index is 0.197. The summed E-state index contributed by atoms with van der Waals surface area (Å²) in [5.74, 6) is -0.382. The van der Waals surface area contributed by atoms with Gasteiger partial charge in [-0.1, -0.05) is 0 Å². The second-order valence-corrected chi connectivity index (χ2v) is 6.71. The monoisotopic (exact) mass is 272 g/mol. The van der Waals surface area contributed by atoms with Crippen LogP contribution in [0, 0.1) is 11.7 Å². The van der Waals surface area contributed by atoms with Crippen LogP contribution in [0.5, 0.6) is 0 Å². The Bertz CT molecular complexity index is 527. The van der Waals surface area contributed by atoms with Crippen molar-refractivity contribution >= 4 is 10.0 Å². The second kappa shape index (κ2) is 4.93. The predicted octanol–water partition coefficient (Wildman–Crippen LogP) is 2.03. The molecule has 1 aromatic rings. The van der Waals surface area contributed by atoms with E-state index in [0.717, 1.165) is 18.9 Å². The van der Waals surface area contributed by atoms with Crippen molar-refractivity contribution in [2.24, 2.45) is 5.92 Å². The number of halogens is 1. The molecule has 6 heteroatoms. The zero-order valence-corrected chi connectivity index (χ0v) is 11.3. The summed E-state index contributed by atoms with van der Waals surface area (Å²) in [5.41, 5.74) is 0. The zero-order chi connectivity index (χ0) is 13.3. The van der Waals surface area contributed by atoms with Gasteiger partial charge in [-0.3, -0.25) is 0 Å². The van der Waals surface area contributed by atoms with Gasteiger partial charge in [-0.25, -0.2) is 17.8 Å². The van der Waals surface area contributed by atoms with E-state index in [0.29, 0.717) is 12.5 Å². The number of pyridine rings is 1. The van der Waals surface area contributed by atoms with Gasteiger partial charge < -0.3 is 0 Å². The molecule has 0 saturated heterocycles. The van der Waals surface area contributed by atoms with E-state index in [1.165, 1.54) is 16.6 Å². The van der Waals surface area contributed by atoms with Crippen molar-refractivity contribution in [1.29, 1.82) is 0 Å². The van der Waals surface area contributed by atoms with E-state index in [-0.39, 0.29) is 6.04 Å². The topological polar surface area (TPSA) is 50.3 Å². The fourth-order valence-corrected chi connectivity index (χ4v) is 3.51. The Hall–Kier alpha value is -1.01. The van der Waals surface area contributed by atoms with Gasteiger partial charge in [0.05, 0.1) is 0 Å². The highest BCUT2D eigenvalue weighted by atomic mass is 32.2. The van der Waals surface area contributed by atoms with Gasteiger partial charge in [0.25, 0.3) is 10.0 Å². The van der Waals surface area contributed by atoms with Gasteiger partial charge in [0.15, 0.2) is 5.82 Å². The lowest BCUT2D eigenvalue weighted by Crippen LogP contribution is -2.39. The number of rotatable bonds is 5. The molecule has 4 nitrogen and oxygen atoms in total. The summed E-state index contributed by atoms with van der Waals surface area (Å²) in [5, 5.41) is -0.473. The molecule has 2 rings (SSSR count). The molecular weight excluding hydrogens is 255 g/mol. The molecule has 1 heterocycles. The van der Waals surface area contributed by atoms with Crippen LogP contribution in [-0.2, 0) is 10.0 Å². The Morgan fingerprint density at radius 2 is 2.17 bits per heavy atom. The fraction of sp³-hybridized carbons (Fsp3) is 0.583. The molecule has 1 aliphatic carbocycles. The van der Waals surface area contributed by atoms with Gasteiger partial charge >= 0.3 is 0 Å². The van der Waals surface area contributed by atoms with Crippen LogP contribution in [0.15, 0.2) is 23.4 Å². The molecule has 0 N–H and O–H groups in total. The van der Waals surface area contributed by atoms with Crippen LogP contribution >= 0.6 is 0 Å². The van der Waals surface area contributed by atoms with Crippen molar-refractivity contribution in [3.05, 3.63) is 24.1 Å². The molecule has 100 valence electrons. The van der Waals surface area contributed by atoms with Crippen LogP contribution in [-0.4, -0.2) is 30.3 Å². The van der Waals surface area contributed by atoms with Crippen molar-refractivity contribution in [1.82, 2.24) is 9.29 Å². The highest BCUT2D eigenvalue weighted by molar-refractivity contribution is 7.89. The normalized spacial score (nSPS) is 16.5. The maximum Gasteiger partial charge on any atom is 0.263 e. The average Bonchev–Trinajstić information content (AvgIpc) is 3.09.